The van der Waals surface area contributed by atoms with Gasteiger partial charge in [-0.1, -0.05) is 19.8 Å². The minimum absolute atomic E-state index is 0.349. The minimum atomic E-state index is 0.349. The lowest BCUT2D eigenvalue weighted by atomic mass is 9.80. The van der Waals surface area contributed by atoms with E-state index < -0.39 is 0 Å². The first-order chi connectivity index (χ1) is 10.7. The molecule has 0 saturated heterocycles. The Bertz CT molecular complexity index is 716. The minimum Gasteiger partial charge on any atom is -0.383 e. The third kappa shape index (κ3) is 2.55. The number of fused-ring (bicyclic) bond motifs is 1. The normalized spacial score (nSPS) is 16.8. The maximum atomic E-state index is 9.55. The zero-order chi connectivity index (χ0) is 15.5. The molecule has 0 saturated carbocycles. The van der Waals surface area contributed by atoms with E-state index in [-0.39, 0.29) is 0 Å². The first-order valence-electron chi connectivity index (χ1n) is 7.86. The summed E-state index contributed by atoms with van der Waals surface area (Å²) in [5.41, 5.74) is 10.8. The topological polar surface area (TPSA) is 75.6 Å². The Kier molecular flexibility index (Phi) is 4.06. The van der Waals surface area contributed by atoms with Gasteiger partial charge in [-0.2, -0.15) is 5.26 Å². The second-order valence-electron chi connectivity index (χ2n) is 5.92. The fourth-order valence-corrected chi connectivity index (χ4v) is 3.46. The van der Waals surface area contributed by atoms with E-state index in [9.17, 15) is 5.26 Å². The highest BCUT2D eigenvalue weighted by molar-refractivity contribution is 5.79. The summed E-state index contributed by atoms with van der Waals surface area (Å²) in [5, 5.41) is 9.55. The smallest absolute Gasteiger partial charge is 0.142 e. The second kappa shape index (κ2) is 6.15. The number of nitriles is 1. The molecule has 3 rings (SSSR count). The van der Waals surface area contributed by atoms with Crippen molar-refractivity contribution in [1.82, 2.24) is 9.97 Å². The number of aromatic nitrogens is 2. The lowest BCUT2D eigenvalue weighted by Gasteiger charge is -2.27. The predicted octanol–water partition coefficient (Wildman–Crippen LogP) is 3.50. The van der Waals surface area contributed by atoms with Gasteiger partial charge >= 0.3 is 0 Å². The Balaban J connectivity index is 2.18. The van der Waals surface area contributed by atoms with Crippen LogP contribution in [-0.2, 0) is 12.8 Å². The number of hydrogen-bond donors (Lipinski definition) is 1. The molecule has 112 valence electrons. The Morgan fingerprint density at radius 2 is 2.14 bits per heavy atom. The van der Waals surface area contributed by atoms with Crippen LogP contribution in [0.25, 0.3) is 11.1 Å². The van der Waals surface area contributed by atoms with E-state index in [2.05, 4.69) is 23.0 Å². The molecule has 4 heteroatoms. The van der Waals surface area contributed by atoms with Gasteiger partial charge in [0.25, 0.3) is 0 Å². The van der Waals surface area contributed by atoms with Crippen molar-refractivity contribution in [3.8, 4) is 17.2 Å². The molecule has 1 aliphatic rings. The largest absolute Gasteiger partial charge is 0.383 e. The summed E-state index contributed by atoms with van der Waals surface area (Å²) in [6, 6.07) is 6.14. The van der Waals surface area contributed by atoms with Gasteiger partial charge in [-0.25, -0.2) is 4.98 Å². The number of hydrogen-bond acceptors (Lipinski definition) is 4. The Morgan fingerprint density at radius 1 is 1.36 bits per heavy atom. The first-order valence-corrected chi connectivity index (χ1v) is 7.86. The maximum Gasteiger partial charge on any atom is 0.142 e. The summed E-state index contributed by atoms with van der Waals surface area (Å²) in [4.78, 5) is 8.58. The number of aryl methyl sites for hydroxylation is 1. The average Bonchev–Trinajstić information content (AvgIpc) is 2.55. The van der Waals surface area contributed by atoms with Gasteiger partial charge in [0.15, 0.2) is 0 Å². The van der Waals surface area contributed by atoms with Gasteiger partial charge in [0, 0.05) is 23.7 Å². The van der Waals surface area contributed by atoms with Crippen molar-refractivity contribution in [3.63, 3.8) is 0 Å². The highest BCUT2D eigenvalue weighted by Gasteiger charge is 2.26. The van der Waals surface area contributed by atoms with Crippen LogP contribution in [0.3, 0.4) is 0 Å². The molecule has 2 N–H and O–H groups in total. The molecule has 1 aliphatic carbocycles. The van der Waals surface area contributed by atoms with Crippen LogP contribution >= 0.6 is 0 Å². The van der Waals surface area contributed by atoms with Gasteiger partial charge in [0.2, 0.25) is 0 Å². The third-order valence-corrected chi connectivity index (χ3v) is 4.47. The monoisotopic (exact) mass is 292 g/mol. The van der Waals surface area contributed by atoms with Gasteiger partial charge in [0.1, 0.15) is 17.5 Å². The molecule has 1 atom stereocenters. The molecule has 0 fully saturated rings. The van der Waals surface area contributed by atoms with Crippen molar-refractivity contribution in [2.45, 2.75) is 39.0 Å². The zero-order valence-electron chi connectivity index (χ0n) is 12.8. The van der Waals surface area contributed by atoms with Crippen LogP contribution in [0.4, 0.5) is 5.82 Å². The van der Waals surface area contributed by atoms with Gasteiger partial charge in [-0.05, 0) is 48.4 Å². The Morgan fingerprint density at radius 3 is 2.82 bits per heavy atom. The molecule has 0 aliphatic heterocycles. The van der Waals surface area contributed by atoms with Crippen LogP contribution in [0.5, 0.6) is 0 Å². The van der Waals surface area contributed by atoms with E-state index in [1.54, 1.807) is 12.4 Å². The Labute approximate surface area is 131 Å². The van der Waals surface area contributed by atoms with E-state index in [0.29, 0.717) is 17.3 Å². The third-order valence-electron chi connectivity index (χ3n) is 4.47. The SMILES string of the molecule is CCCC1CCc2nc(N)c(C#N)c(-c3ccncc3)c2C1. The van der Waals surface area contributed by atoms with Crippen molar-refractivity contribution >= 4 is 5.82 Å². The molecule has 0 amide bonds. The molecule has 0 bridgehead atoms. The standard InChI is InChI=1S/C18H20N4/c1-2-3-12-4-5-16-14(10-12)17(13-6-8-21-9-7-13)15(11-19)18(20)22-16/h6-9,12H,2-5,10H2,1H3,(H2,20,22). The van der Waals surface area contributed by atoms with E-state index in [1.807, 2.05) is 12.1 Å². The number of pyridine rings is 2. The molecule has 0 aromatic carbocycles. The first kappa shape index (κ1) is 14.5. The molecule has 1 unspecified atom stereocenters. The summed E-state index contributed by atoms with van der Waals surface area (Å²) in [6.45, 7) is 2.22. The van der Waals surface area contributed by atoms with Crippen molar-refractivity contribution in [1.29, 1.82) is 5.26 Å². The fourth-order valence-electron chi connectivity index (χ4n) is 3.46. The van der Waals surface area contributed by atoms with Crippen molar-refractivity contribution in [3.05, 3.63) is 41.3 Å². The fraction of sp³-hybridized carbons (Fsp3) is 0.389. The van der Waals surface area contributed by atoms with Crippen molar-refractivity contribution in [2.24, 2.45) is 5.92 Å². The lowest BCUT2D eigenvalue weighted by Crippen LogP contribution is -2.18. The number of rotatable bonds is 3. The summed E-state index contributed by atoms with van der Waals surface area (Å²) in [7, 11) is 0. The van der Waals surface area contributed by atoms with Gasteiger partial charge < -0.3 is 5.73 Å². The maximum absolute atomic E-state index is 9.55. The van der Waals surface area contributed by atoms with Crippen LogP contribution < -0.4 is 5.73 Å². The number of anilines is 1. The Hall–Kier alpha value is -2.41. The summed E-state index contributed by atoms with van der Waals surface area (Å²) in [6.07, 6.45) is 9.03. The van der Waals surface area contributed by atoms with Crippen molar-refractivity contribution < 1.29 is 0 Å². The molecular formula is C18H20N4. The van der Waals surface area contributed by atoms with Gasteiger partial charge in [-0.15, -0.1) is 0 Å². The highest BCUT2D eigenvalue weighted by Crippen LogP contribution is 2.38. The molecule has 2 heterocycles. The highest BCUT2D eigenvalue weighted by atomic mass is 14.9. The number of nitrogen functional groups attached to an aromatic ring is 1. The summed E-state index contributed by atoms with van der Waals surface area (Å²) < 4.78 is 0. The van der Waals surface area contributed by atoms with Crippen LogP contribution in [0.15, 0.2) is 24.5 Å². The molecule has 4 nitrogen and oxygen atoms in total. The van der Waals surface area contributed by atoms with Crippen molar-refractivity contribution in [2.75, 3.05) is 5.73 Å². The van der Waals surface area contributed by atoms with Crippen LogP contribution in [0, 0.1) is 17.2 Å². The van der Waals surface area contributed by atoms with Gasteiger partial charge in [0.05, 0.1) is 0 Å². The van der Waals surface area contributed by atoms with Crippen LogP contribution in [0.2, 0.25) is 0 Å². The molecule has 2 aromatic heterocycles. The number of nitrogens with zero attached hydrogens (tertiary/aromatic N) is 3. The van der Waals surface area contributed by atoms with E-state index >= 15 is 0 Å². The second-order valence-corrected chi connectivity index (χ2v) is 5.92. The molecule has 22 heavy (non-hydrogen) atoms. The van der Waals surface area contributed by atoms with Crippen LogP contribution in [-0.4, -0.2) is 9.97 Å². The summed E-state index contributed by atoms with van der Waals surface area (Å²) >= 11 is 0. The molecule has 2 aromatic rings. The molecular weight excluding hydrogens is 272 g/mol. The molecule has 0 radical (unpaired) electrons. The van der Waals surface area contributed by atoms with E-state index in [4.69, 9.17) is 5.73 Å². The lowest BCUT2D eigenvalue weighted by molar-refractivity contribution is 0.419. The zero-order valence-corrected chi connectivity index (χ0v) is 12.8. The number of nitrogens with two attached hydrogens (primary N) is 1. The average molecular weight is 292 g/mol. The van der Waals surface area contributed by atoms with E-state index in [1.165, 1.54) is 18.4 Å². The van der Waals surface area contributed by atoms with Crippen LogP contribution in [0.1, 0.15) is 43.0 Å². The van der Waals surface area contributed by atoms with E-state index in [0.717, 1.165) is 36.1 Å². The summed E-state index contributed by atoms with van der Waals surface area (Å²) in [5.74, 6) is 1.03. The quantitative estimate of drug-likeness (QED) is 0.939. The predicted molar refractivity (Wildman–Crippen MR) is 87.0 cm³/mol. The molecule has 0 spiro atoms. The van der Waals surface area contributed by atoms with Gasteiger partial charge in [-0.3, -0.25) is 4.98 Å².